The summed E-state index contributed by atoms with van der Waals surface area (Å²) < 4.78 is 0. The molecule has 2 aliphatic rings. The molecule has 0 bridgehead atoms. The van der Waals surface area contributed by atoms with Crippen LogP contribution >= 0.6 is 0 Å². The molecule has 21 heavy (non-hydrogen) atoms. The van der Waals surface area contributed by atoms with E-state index in [4.69, 9.17) is 5.73 Å². The molecule has 3 rings (SSSR count). The number of nitrogens with zero attached hydrogens (tertiary/aromatic N) is 1. The first-order chi connectivity index (χ1) is 10.2. The Morgan fingerprint density at radius 3 is 2.24 bits per heavy atom. The van der Waals surface area contributed by atoms with Gasteiger partial charge in [-0.3, -0.25) is 4.90 Å². The Balaban J connectivity index is 1.67. The molecule has 1 aliphatic carbocycles. The molecule has 1 saturated heterocycles. The Morgan fingerprint density at radius 2 is 1.67 bits per heavy atom. The van der Waals surface area contributed by atoms with Gasteiger partial charge in [0, 0.05) is 12.6 Å². The molecule has 2 N–H and O–H groups in total. The quantitative estimate of drug-likeness (QED) is 0.912. The maximum absolute atomic E-state index is 5.84. The van der Waals surface area contributed by atoms with Crippen LogP contribution in [0, 0.1) is 11.8 Å². The molecule has 2 heteroatoms. The molecule has 0 amide bonds. The Labute approximate surface area is 129 Å². The second-order valence-corrected chi connectivity index (χ2v) is 7.42. The van der Waals surface area contributed by atoms with Gasteiger partial charge >= 0.3 is 0 Å². The van der Waals surface area contributed by atoms with Gasteiger partial charge in [0.1, 0.15) is 0 Å². The van der Waals surface area contributed by atoms with E-state index >= 15 is 0 Å². The first-order valence-electron chi connectivity index (χ1n) is 8.67. The Morgan fingerprint density at radius 1 is 1.05 bits per heavy atom. The summed E-state index contributed by atoms with van der Waals surface area (Å²) in [6, 6.07) is 10.1. The summed E-state index contributed by atoms with van der Waals surface area (Å²) in [6.45, 7) is 4.35. The van der Waals surface area contributed by atoms with Crippen LogP contribution in [0.15, 0.2) is 24.3 Å². The highest BCUT2D eigenvalue weighted by Crippen LogP contribution is 2.37. The average molecular weight is 286 g/mol. The smallest absolute Gasteiger partial charge is 0.0348 e. The molecule has 2 fully saturated rings. The molecule has 116 valence electrons. The third-order valence-electron chi connectivity index (χ3n) is 5.78. The molecule has 1 saturated carbocycles. The van der Waals surface area contributed by atoms with Gasteiger partial charge in [0.25, 0.3) is 0 Å². The molecule has 1 heterocycles. The van der Waals surface area contributed by atoms with E-state index < -0.39 is 0 Å². The van der Waals surface area contributed by atoms with Crippen LogP contribution in [0.3, 0.4) is 0 Å². The van der Waals surface area contributed by atoms with E-state index in [0.29, 0.717) is 12.0 Å². The minimum Gasteiger partial charge on any atom is -0.330 e. The van der Waals surface area contributed by atoms with Crippen LogP contribution < -0.4 is 5.73 Å². The lowest BCUT2D eigenvalue weighted by Crippen LogP contribution is -2.20. The molecular weight excluding hydrogens is 256 g/mol. The second kappa shape index (κ2) is 6.50. The SMILES string of the molecule is CC1CCC(c2ccc(C3CC(CN)CN3C)cc2)CC1. The third kappa shape index (κ3) is 3.32. The summed E-state index contributed by atoms with van der Waals surface area (Å²) >= 11 is 0. The number of nitrogens with two attached hydrogens (primary N) is 1. The van der Waals surface area contributed by atoms with Gasteiger partial charge in [-0.05, 0) is 61.7 Å². The molecule has 0 aromatic heterocycles. The predicted octanol–water partition coefficient (Wildman–Crippen LogP) is 3.93. The Bertz CT molecular complexity index is 445. The standard InChI is InChI=1S/C19H30N2/c1-14-3-5-16(6-4-14)17-7-9-18(10-8-17)19-11-15(12-20)13-21(19)2/h7-10,14-16,19H,3-6,11-13,20H2,1-2H3. The van der Waals surface area contributed by atoms with Crippen molar-refractivity contribution in [1.82, 2.24) is 4.90 Å². The van der Waals surface area contributed by atoms with Crippen LogP contribution in [0.1, 0.15) is 62.1 Å². The van der Waals surface area contributed by atoms with Crippen molar-refractivity contribution in [2.45, 2.75) is 51.0 Å². The van der Waals surface area contributed by atoms with Gasteiger partial charge in [0.05, 0.1) is 0 Å². The fraction of sp³-hybridized carbons (Fsp3) is 0.684. The molecule has 0 radical (unpaired) electrons. The molecule has 2 nitrogen and oxygen atoms in total. The van der Waals surface area contributed by atoms with Gasteiger partial charge in [-0.15, -0.1) is 0 Å². The summed E-state index contributed by atoms with van der Waals surface area (Å²) in [5, 5.41) is 0. The van der Waals surface area contributed by atoms with Crippen molar-refractivity contribution in [2.75, 3.05) is 20.1 Å². The molecule has 2 unspecified atom stereocenters. The van der Waals surface area contributed by atoms with Crippen LogP contribution in [0.25, 0.3) is 0 Å². The fourth-order valence-corrected chi connectivity index (χ4v) is 4.25. The van der Waals surface area contributed by atoms with Crippen LogP contribution in [-0.4, -0.2) is 25.0 Å². The van der Waals surface area contributed by atoms with Gasteiger partial charge in [-0.1, -0.05) is 44.0 Å². The van der Waals surface area contributed by atoms with E-state index in [0.717, 1.165) is 24.9 Å². The van der Waals surface area contributed by atoms with Crippen LogP contribution in [0.2, 0.25) is 0 Å². The van der Waals surface area contributed by atoms with Gasteiger partial charge in [0.15, 0.2) is 0 Å². The van der Waals surface area contributed by atoms with Crippen LogP contribution in [0.5, 0.6) is 0 Å². The molecule has 0 spiro atoms. The van der Waals surface area contributed by atoms with Crippen LogP contribution in [-0.2, 0) is 0 Å². The van der Waals surface area contributed by atoms with E-state index in [1.807, 2.05) is 0 Å². The van der Waals surface area contributed by atoms with Gasteiger partial charge in [-0.25, -0.2) is 0 Å². The van der Waals surface area contributed by atoms with Gasteiger partial charge in [0.2, 0.25) is 0 Å². The van der Waals surface area contributed by atoms with Crippen molar-refractivity contribution in [2.24, 2.45) is 17.6 Å². The predicted molar refractivity (Wildman–Crippen MR) is 89.3 cm³/mol. The Hall–Kier alpha value is -0.860. The molecule has 1 aromatic rings. The normalized spacial score (nSPS) is 34.2. The lowest BCUT2D eigenvalue weighted by molar-refractivity contribution is 0.313. The first-order valence-corrected chi connectivity index (χ1v) is 8.67. The summed E-state index contributed by atoms with van der Waals surface area (Å²) in [7, 11) is 2.23. The van der Waals surface area contributed by atoms with E-state index in [2.05, 4.69) is 43.1 Å². The van der Waals surface area contributed by atoms with E-state index in [-0.39, 0.29) is 0 Å². The molecular formula is C19H30N2. The molecule has 1 aromatic carbocycles. The lowest BCUT2D eigenvalue weighted by Gasteiger charge is -2.27. The van der Waals surface area contributed by atoms with E-state index in [1.165, 1.54) is 37.7 Å². The summed E-state index contributed by atoms with van der Waals surface area (Å²) in [6.07, 6.45) is 6.76. The molecule has 1 aliphatic heterocycles. The number of hydrogen-bond donors (Lipinski definition) is 1. The summed E-state index contributed by atoms with van der Waals surface area (Å²) in [5.41, 5.74) is 8.87. The maximum atomic E-state index is 5.84. The zero-order valence-corrected chi connectivity index (χ0v) is 13.6. The van der Waals surface area contributed by atoms with Crippen molar-refractivity contribution < 1.29 is 0 Å². The highest BCUT2D eigenvalue weighted by atomic mass is 15.2. The van der Waals surface area contributed by atoms with Crippen molar-refractivity contribution in [3.63, 3.8) is 0 Å². The van der Waals surface area contributed by atoms with Crippen molar-refractivity contribution in [3.05, 3.63) is 35.4 Å². The van der Waals surface area contributed by atoms with Crippen molar-refractivity contribution in [1.29, 1.82) is 0 Å². The third-order valence-corrected chi connectivity index (χ3v) is 5.78. The number of likely N-dealkylation sites (tertiary alicyclic amines) is 1. The highest BCUT2D eigenvalue weighted by molar-refractivity contribution is 5.28. The van der Waals surface area contributed by atoms with Crippen molar-refractivity contribution in [3.8, 4) is 0 Å². The zero-order valence-electron chi connectivity index (χ0n) is 13.6. The number of hydrogen-bond acceptors (Lipinski definition) is 2. The fourth-order valence-electron chi connectivity index (χ4n) is 4.25. The second-order valence-electron chi connectivity index (χ2n) is 7.42. The highest BCUT2D eigenvalue weighted by Gasteiger charge is 2.29. The maximum Gasteiger partial charge on any atom is 0.0348 e. The van der Waals surface area contributed by atoms with E-state index in [9.17, 15) is 0 Å². The summed E-state index contributed by atoms with van der Waals surface area (Å²) in [5.74, 6) is 2.40. The summed E-state index contributed by atoms with van der Waals surface area (Å²) in [4.78, 5) is 2.47. The van der Waals surface area contributed by atoms with Crippen LogP contribution in [0.4, 0.5) is 0 Å². The van der Waals surface area contributed by atoms with Gasteiger partial charge in [-0.2, -0.15) is 0 Å². The van der Waals surface area contributed by atoms with Gasteiger partial charge < -0.3 is 5.73 Å². The minimum absolute atomic E-state index is 0.568. The minimum atomic E-state index is 0.568. The lowest BCUT2D eigenvalue weighted by atomic mass is 9.79. The first kappa shape index (κ1) is 15.1. The Kier molecular flexibility index (Phi) is 4.66. The molecule has 2 atom stereocenters. The monoisotopic (exact) mass is 286 g/mol. The zero-order chi connectivity index (χ0) is 14.8. The van der Waals surface area contributed by atoms with Crippen molar-refractivity contribution >= 4 is 0 Å². The van der Waals surface area contributed by atoms with E-state index in [1.54, 1.807) is 5.56 Å². The topological polar surface area (TPSA) is 29.3 Å². The largest absolute Gasteiger partial charge is 0.330 e. The number of rotatable bonds is 3. The number of benzene rings is 1. The average Bonchev–Trinajstić information content (AvgIpc) is 2.89.